The van der Waals surface area contributed by atoms with Crippen LogP contribution in [0.2, 0.25) is 0 Å². The number of benzene rings is 4. The van der Waals surface area contributed by atoms with Crippen molar-refractivity contribution in [2.75, 3.05) is 45.8 Å². The zero-order valence-corrected chi connectivity index (χ0v) is 32.6. The van der Waals surface area contributed by atoms with E-state index in [4.69, 9.17) is 18.9 Å². The van der Waals surface area contributed by atoms with E-state index in [2.05, 4.69) is 5.32 Å². The topological polar surface area (TPSA) is 164 Å². The molecule has 0 fully saturated rings. The van der Waals surface area contributed by atoms with Crippen LogP contribution in [-0.2, 0) is 50.2 Å². The van der Waals surface area contributed by atoms with Gasteiger partial charge in [-0.3, -0.25) is 9.69 Å². The van der Waals surface area contributed by atoms with Gasteiger partial charge in [-0.2, -0.15) is 0 Å². The summed E-state index contributed by atoms with van der Waals surface area (Å²) in [4.78, 5) is 67.5. The van der Waals surface area contributed by atoms with E-state index in [1.807, 2.05) is 109 Å². The number of alkyl carbamates (subject to hydrolysis) is 1. The third-order valence-electron chi connectivity index (χ3n) is 8.77. The number of nitrogens with one attached hydrogen (secondary N) is 1. The Morgan fingerprint density at radius 3 is 1.16 bits per heavy atom. The highest BCUT2D eigenvalue weighted by Crippen LogP contribution is 2.11. The molecule has 4 amide bonds. The molecule has 308 valence electrons. The molecule has 0 aromatic heterocycles. The fourth-order valence-electron chi connectivity index (χ4n) is 5.71. The molecule has 0 bridgehead atoms. The van der Waals surface area contributed by atoms with Crippen LogP contribution in [0.1, 0.15) is 47.9 Å². The van der Waals surface area contributed by atoms with E-state index in [1.165, 1.54) is 4.90 Å². The van der Waals surface area contributed by atoms with Gasteiger partial charge in [0.05, 0.1) is 0 Å². The van der Waals surface area contributed by atoms with Crippen LogP contribution in [0.3, 0.4) is 0 Å². The van der Waals surface area contributed by atoms with E-state index in [0.29, 0.717) is 32.4 Å². The minimum absolute atomic E-state index is 0.0116. The van der Waals surface area contributed by atoms with Gasteiger partial charge >= 0.3 is 30.3 Å². The Morgan fingerprint density at radius 1 is 0.431 bits per heavy atom. The molecule has 4 aromatic rings. The zero-order chi connectivity index (χ0) is 41.2. The lowest BCUT2D eigenvalue weighted by atomic mass is 10.2. The lowest BCUT2D eigenvalue weighted by molar-refractivity contribution is -0.138. The first-order valence-corrected chi connectivity index (χ1v) is 19.3. The number of nitrogens with zero attached hydrogens (tertiary/aromatic N) is 3. The fourth-order valence-corrected chi connectivity index (χ4v) is 5.71. The van der Waals surface area contributed by atoms with Crippen LogP contribution in [0.5, 0.6) is 0 Å². The largest absolute Gasteiger partial charge is 0.480 e. The Balaban J connectivity index is 1.31. The second-order valence-corrected chi connectivity index (χ2v) is 13.3. The number of carboxylic acids is 1. The third-order valence-corrected chi connectivity index (χ3v) is 8.77. The minimum atomic E-state index is -1.19. The van der Waals surface area contributed by atoms with Crippen molar-refractivity contribution in [3.63, 3.8) is 0 Å². The number of carboxylic acid groups (broad SMARTS) is 1. The second kappa shape index (κ2) is 25.6. The van der Waals surface area contributed by atoms with E-state index in [0.717, 1.165) is 27.2 Å². The molecule has 4 aromatic carbocycles. The average Bonchev–Trinajstić information content (AvgIpc) is 3.25. The van der Waals surface area contributed by atoms with Crippen molar-refractivity contribution >= 4 is 30.3 Å². The average molecular weight is 797 g/mol. The highest BCUT2D eigenvalue weighted by molar-refractivity contribution is 5.76. The maximum Gasteiger partial charge on any atom is 0.410 e. The van der Waals surface area contributed by atoms with E-state index >= 15 is 0 Å². The first-order chi connectivity index (χ1) is 28.3. The van der Waals surface area contributed by atoms with Crippen LogP contribution in [0.25, 0.3) is 0 Å². The van der Waals surface area contributed by atoms with Gasteiger partial charge in [-0.05, 0) is 47.9 Å². The quantitative estimate of drug-likeness (QED) is 0.0568. The highest BCUT2D eigenvalue weighted by atomic mass is 16.6. The number of unbranched alkanes of at least 4 members (excludes halogenated alkanes) is 1. The van der Waals surface area contributed by atoms with Crippen LogP contribution in [0.4, 0.5) is 19.2 Å². The second-order valence-electron chi connectivity index (χ2n) is 13.3. The third kappa shape index (κ3) is 17.5. The number of carbonyl (C=O) groups excluding carboxylic acids is 4. The first kappa shape index (κ1) is 44.1. The lowest BCUT2D eigenvalue weighted by Gasteiger charge is -2.26. The van der Waals surface area contributed by atoms with Gasteiger partial charge in [0.1, 0.15) is 33.0 Å². The minimum Gasteiger partial charge on any atom is -0.480 e. The number of ether oxygens (including phenoxy) is 4. The summed E-state index contributed by atoms with van der Waals surface area (Å²) in [5.74, 6) is -1.19. The van der Waals surface area contributed by atoms with Crippen molar-refractivity contribution in [2.45, 2.75) is 52.1 Å². The molecule has 0 radical (unpaired) electrons. The first-order valence-electron chi connectivity index (χ1n) is 19.3. The molecular formula is C44H52N4O10. The van der Waals surface area contributed by atoms with Crippen molar-refractivity contribution in [2.24, 2.45) is 0 Å². The van der Waals surface area contributed by atoms with Gasteiger partial charge in [0, 0.05) is 39.3 Å². The number of hydrogen-bond acceptors (Lipinski definition) is 9. The van der Waals surface area contributed by atoms with Gasteiger partial charge < -0.3 is 39.2 Å². The Morgan fingerprint density at radius 2 is 0.759 bits per heavy atom. The molecule has 0 saturated carbocycles. The lowest BCUT2D eigenvalue weighted by Crippen LogP contribution is -2.40. The number of hydrogen-bond donors (Lipinski definition) is 2. The van der Waals surface area contributed by atoms with Crippen LogP contribution < -0.4 is 5.32 Å². The summed E-state index contributed by atoms with van der Waals surface area (Å²) in [6.07, 6.45) is -0.708. The maximum absolute atomic E-state index is 13.4. The molecular weight excluding hydrogens is 745 g/mol. The molecule has 0 heterocycles. The van der Waals surface area contributed by atoms with Crippen molar-refractivity contribution < 1.29 is 48.0 Å². The predicted molar refractivity (Wildman–Crippen MR) is 215 cm³/mol. The Hall–Kier alpha value is -6.57. The summed E-state index contributed by atoms with van der Waals surface area (Å²) in [7, 11) is 0. The molecule has 0 aliphatic rings. The fraction of sp³-hybridized carbons (Fsp3) is 0.341. The van der Waals surface area contributed by atoms with Gasteiger partial charge in [0.15, 0.2) is 0 Å². The van der Waals surface area contributed by atoms with E-state index in [-0.39, 0.29) is 59.0 Å². The van der Waals surface area contributed by atoms with Gasteiger partial charge in [0.25, 0.3) is 0 Å². The molecule has 0 saturated heterocycles. The van der Waals surface area contributed by atoms with E-state index in [1.54, 1.807) is 17.0 Å². The predicted octanol–water partition coefficient (Wildman–Crippen LogP) is 7.47. The number of aliphatic carboxylic acids is 1. The molecule has 14 heteroatoms. The van der Waals surface area contributed by atoms with Gasteiger partial charge in [-0.15, -0.1) is 0 Å². The molecule has 58 heavy (non-hydrogen) atoms. The zero-order valence-electron chi connectivity index (χ0n) is 32.6. The smallest absolute Gasteiger partial charge is 0.410 e. The maximum atomic E-state index is 13.4. The molecule has 4 rings (SSSR count). The van der Waals surface area contributed by atoms with Crippen molar-refractivity contribution in [3.05, 3.63) is 144 Å². The Kier molecular flexibility index (Phi) is 19.5. The summed E-state index contributed by atoms with van der Waals surface area (Å²) in [5.41, 5.74) is 3.28. The van der Waals surface area contributed by atoms with Crippen LogP contribution in [-0.4, -0.2) is 96.0 Å². The SMILES string of the molecule is O=C(O)CN(CCCN(CCCCN(CCCNC(=O)OCc1ccccc1)C(=O)OCc1ccccc1)C(=O)OCc1ccccc1)C(=O)OCc1ccccc1. The summed E-state index contributed by atoms with van der Waals surface area (Å²) in [5, 5.41) is 12.2. The normalized spacial score (nSPS) is 10.5. The summed E-state index contributed by atoms with van der Waals surface area (Å²) in [6.45, 7) is 1.08. The van der Waals surface area contributed by atoms with Crippen LogP contribution in [0.15, 0.2) is 121 Å². The molecule has 0 aliphatic carbocycles. The molecule has 14 nitrogen and oxygen atoms in total. The molecule has 0 aliphatic heterocycles. The highest BCUT2D eigenvalue weighted by Gasteiger charge is 2.21. The van der Waals surface area contributed by atoms with E-state index in [9.17, 15) is 29.1 Å². The number of rotatable bonds is 23. The van der Waals surface area contributed by atoms with Crippen LogP contribution in [0, 0.1) is 0 Å². The van der Waals surface area contributed by atoms with Crippen LogP contribution >= 0.6 is 0 Å². The molecule has 0 spiro atoms. The number of carbonyl (C=O) groups is 5. The molecule has 0 atom stereocenters. The standard InChI is InChI=1S/C44H52N4O10/c49-40(50)31-48(44(54)58-35-39-23-11-4-12-24-39)30-16-29-47(43(53)57-34-38-21-9-3-10-22-38)27-14-13-26-46(42(52)56-33-37-19-7-2-8-20-37)28-15-25-45-41(51)55-32-36-17-5-1-6-18-36/h1-12,17-24H,13-16,25-35H2,(H,45,51)(H,49,50). The van der Waals surface area contributed by atoms with Crippen molar-refractivity contribution in [3.8, 4) is 0 Å². The summed E-state index contributed by atoms with van der Waals surface area (Å²) in [6, 6.07) is 37.0. The molecule has 0 unspecified atom stereocenters. The van der Waals surface area contributed by atoms with Gasteiger partial charge in [-0.1, -0.05) is 121 Å². The van der Waals surface area contributed by atoms with Crippen molar-refractivity contribution in [1.82, 2.24) is 20.0 Å². The van der Waals surface area contributed by atoms with E-state index < -0.39 is 36.9 Å². The summed E-state index contributed by atoms with van der Waals surface area (Å²) >= 11 is 0. The monoisotopic (exact) mass is 796 g/mol. The molecule has 2 N–H and O–H groups in total. The number of amides is 4. The van der Waals surface area contributed by atoms with Gasteiger partial charge in [-0.25, -0.2) is 19.2 Å². The summed E-state index contributed by atoms with van der Waals surface area (Å²) < 4.78 is 21.9. The Bertz CT molecular complexity index is 1820. The Labute approximate surface area is 339 Å². The van der Waals surface area contributed by atoms with Gasteiger partial charge in [0.2, 0.25) is 0 Å². The van der Waals surface area contributed by atoms with Crippen molar-refractivity contribution in [1.29, 1.82) is 0 Å².